The fraction of sp³-hybridized carbons (Fsp3) is 1.00. The Balaban J connectivity index is 4.90. The standard InChI is InChI=1S/C9H22O5Si/c1-5-9(10,11)15(12-6-2,13-7-3)14-8-4/h10-11H,5-8H2,1-4H3. The monoisotopic (exact) mass is 238 g/mol. The zero-order valence-electron chi connectivity index (χ0n) is 9.95. The van der Waals surface area contributed by atoms with Crippen LogP contribution in [0.3, 0.4) is 0 Å². The van der Waals surface area contributed by atoms with Gasteiger partial charge in [-0.1, -0.05) is 6.92 Å². The number of rotatable bonds is 8. The summed E-state index contributed by atoms with van der Waals surface area (Å²) in [6.07, 6.45) is 0.110. The van der Waals surface area contributed by atoms with Crippen LogP contribution >= 0.6 is 0 Å². The van der Waals surface area contributed by atoms with Crippen LogP contribution in [0.1, 0.15) is 34.1 Å². The molecular weight excluding hydrogens is 216 g/mol. The van der Waals surface area contributed by atoms with Crippen LogP contribution in [0, 0.1) is 0 Å². The van der Waals surface area contributed by atoms with Gasteiger partial charge in [-0.3, -0.25) is 0 Å². The molecule has 0 saturated heterocycles. The van der Waals surface area contributed by atoms with Gasteiger partial charge in [-0.15, -0.1) is 0 Å². The van der Waals surface area contributed by atoms with E-state index in [1.54, 1.807) is 27.7 Å². The summed E-state index contributed by atoms with van der Waals surface area (Å²) in [6.45, 7) is 7.95. The summed E-state index contributed by atoms with van der Waals surface area (Å²) < 4.78 is 16.1. The molecule has 6 heteroatoms. The number of aliphatic hydroxyl groups is 2. The lowest BCUT2D eigenvalue weighted by Gasteiger charge is -2.37. The molecule has 0 saturated carbocycles. The van der Waals surface area contributed by atoms with Crippen LogP contribution in [-0.2, 0) is 13.3 Å². The Bertz CT molecular complexity index is 157. The Morgan fingerprint density at radius 1 is 0.867 bits per heavy atom. The van der Waals surface area contributed by atoms with Gasteiger partial charge >= 0.3 is 8.80 Å². The molecule has 0 radical (unpaired) electrons. The van der Waals surface area contributed by atoms with E-state index in [-0.39, 0.29) is 6.42 Å². The van der Waals surface area contributed by atoms with Crippen molar-refractivity contribution in [1.29, 1.82) is 0 Å². The largest absolute Gasteiger partial charge is 0.563 e. The predicted molar refractivity (Wildman–Crippen MR) is 58.1 cm³/mol. The third-order valence-corrected chi connectivity index (χ3v) is 5.33. The van der Waals surface area contributed by atoms with Crippen LogP contribution in [0.15, 0.2) is 0 Å². The first-order chi connectivity index (χ1) is 6.99. The van der Waals surface area contributed by atoms with E-state index in [0.29, 0.717) is 19.8 Å². The van der Waals surface area contributed by atoms with Crippen LogP contribution in [0.25, 0.3) is 0 Å². The maximum atomic E-state index is 9.87. The lowest BCUT2D eigenvalue weighted by Crippen LogP contribution is -2.65. The van der Waals surface area contributed by atoms with Gasteiger partial charge in [0.15, 0.2) is 0 Å². The molecule has 2 N–H and O–H groups in total. The van der Waals surface area contributed by atoms with Crippen molar-refractivity contribution in [1.82, 2.24) is 0 Å². The van der Waals surface area contributed by atoms with Crippen molar-refractivity contribution < 1.29 is 23.5 Å². The summed E-state index contributed by atoms with van der Waals surface area (Å²) >= 11 is 0. The fourth-order valence-electron chi connectivity index (χ4n) is 1.26. The van der Waals surface area contributed by atoms with Crippen molar-refractivity contribution in [3.8, 4) is 0 Å². The number of hydrogen-bond donors (Lipinski definition) is 2. The third kappa shape index (κ3) is 3.51. The van der Waals surface area contributed by atoms with Crippen LogP contribution in [0.2, 0.25) is 0 Å². The normalized spacial score (nSPS) is 13.2. The van der Waals surface area contributed by atoms with Gasteiger partial charge in [0.1, 0.15) is 0 Å². The zero-order valence-corrected chi connectivity index (χ0v) is 10.9. The molecule has 0 spiro atoms. The van der Waals surface area contributed by atoms with Crippen LogP contribution < -0.4 is 0 Å². The van der Waals surface area contributed by atoms with Gasteiger partial charge in [0.25, 0.3) is 0 Å². The first kappa shape index (κ1) is 15.0. The van der Waals surface area contributed by atoms with E-state index in [9.17, 15) is 10.2 Å². The minimum absolute atomic E-state index is 0.110. The summed E-state index contributed by atoms with van der Waals surface area (Å²) in [5, 5.41) is 19.7. The van der Waals surface area contributed by atoms with E-state index in [1.807, 2.05) is 0 Å². The average Bonchev–Trinajstić information content (AvgIpc) is 2.18. The lowest BCUT2D eigenvalue weighted by atomic mass is 10.5. The first-order valence-electron chi connectivity index (χ1n) is 5.36. The minimum Gasteiger partial charge on any atom is -0.371 e. The summed E-state index contributed by atoms with van der Waals surface area (Å²) in [4.78, 5) is 0. The molecule has 0 heterocycles. The van der Waals surface area contributed by atoms with Crippen molar-refractivity contribution in [3.05, 3.63) is 0 Å². The molecule has 0 rings (SSSR count). The molecule has 0 fully saturated rings. The van der Waals surface area contributed by atoms with Crippen molar-refractivity contribution in [2.24, 2.45) is 0 Å². The van der Waals surface area contributed by atoms with E-state index < -0.39 is 14.2 Å². The SMILES string of the molecule is CCO[Si](OCC)(OCC)C(O)(O)CC. The van der Waals surface area contributed by atoms with Crippen molar-refractivity contribution in [2.45, 2.75) is 39.5 Å². The van der Waals surface area contributed by atoms with Gasteiger partial charge in [0.05, 0.1) is 0 Å². The van der Waals surface area contributed by atoms with E-state index in [2.05, 4.69) is 0 Å². The summed E-state index contributed by atoms with van der Waals surface area (Å²) in [5.74, 6) is 0. The second-order valence-electron chi connectivity index (χ2n) is 3.03. The maximum absolute atomic E-state index is 9.87. The minimum atomic E-state index is -3.41. The van der Waals surface area contributed by atoms with E-state index in [4.69, 9.17) is 13.3 Å². The summed E-state index contributed by atoms with van der Waals surface area (Å²) in [7, 11) is -3.41. The Morgan fingerprint density at radius 2 is 1.20 bits per heavy atom. The molecule has 0 aliphatic carbocycles. The van der Waals surface area contributed by atoms with E-state index in [0.717, 1.165) is 0 Å². The Labute approximate surface area is 92.3 Å². The van der Waals surface area contributed by atoms with E-state index >= 15 is 0 Å². The Morgan fingerprint density at radius 3 is 1.40 bits per heavy atom. The van der Waals surface area contributed by atoms with Gasteiger partial charge in [-0.2, -0.15) is 0 Å². The van der Waals surface area contributed by atoms with Crippen LogP contribution in [-0.4, -0.2) is 44.2 Å². The molecule has 0 amide bonds. The smallest absolute Gasteiger partial charge is 0.371 e. The van der Waals surface area contributed by atoms with Crippen molar-refractivity contribution >= 4 is 8.80 Å². The topological polar surface area (TPSA) is 68.2 Å². The molecule has 0 aromatic carbocycles. The van der Waals surface area contributed by atoms with Crippen molar-refractivity contribution in [2.75, 3.05) is 19.8 Å². The Kier molecular flexibility index (Phi) is 6.57. The molecule has 0 aromatic heterocycles. The maximum Gasteiger partial charge on any atom is 0.563 e. The van der Waals surface area contributed by atoms with E-state index in [1.165, 1.54) is 0 Å². The molecule has 0 atom stereocenters. The highest BCUT2D eigenvalue weighted by Gasteiger charge is 2.59. The summed E-state index contributed by atoms with van der Waals surface area (Å²) in [6, 6.07) is 0. The summed E-state index contributed by atoms with van der Waals surface area (Å²) in [5.41, 5.74) is -2.02. The second-order valence-corrected chi connectivity index (χ2v) is 5.80. The molecule has 0 unspecified atom stereocenters. The van der Waals surface area contributed by atoms with Gasteiger partial charge in [-0.05, 0) is 20.8 Å². The Hall–Kier alpha value is 0.0169. The fourth-order valence-corrected chi connectivity index (χ4v) is 3.77. The molecule has 92 valence electrons. The molecule has 5 nitrogen and oxygen atoms in total. The quantitative estimate of drug-likeness (QED) is 0.480. The highest BCUT2D eigenvalue weighted by molar-refractivity contribution is 6.63. The van der Waals surface area contributed by atoms with Crippen molar-refractivity contribution in [3.63, 3.8) is 0 Å². The lowest BCUT2D eigenvalue weighted by molar-refractivity contribution is -0.159. The van der Waals surface area contributed by atoms with Gasteiger partial charge in [0.2, 0.25) is 5.41 Å². The van der Waals surface area contributed by atoms with Crippen LogP contribution in [0.5, 0.6) is 0 Å². The molecular formula is C9H22O5Si. The predicted octanol–water partition coefficient (Wildman–Crippen LogP) is 0.665. The van der Waals surface area contributed by atoms with Crippen LogP contribution in [0.4, 0.5) is 0 Å². The highest BCUT2D eigenvalue weighted by Crippen LogP contribution is 2.25. The first-order valence-corrected chi connectivity index (χ1v) is 7.08. The molecule has 0 aliphatic heterocycles. The molecule has 0 bridgehead atoms. The highest BCUT2D eigenvalue weighted by atomic mass is 28.4. The van der Waals surface area contributed by atoms with Gasteiger partial charge < -0.3 is 23.5 Å². The average molecular weight is 238 g/mol. The molecule has 15 heavy (non-hydrogen) atoms. The van der Waals surface area contributed by atoms with Gasteiger partial charge in [-0.25, -0.2) is 0 Å². The van der Waals surface area contributed by atoms with Gasteiger partial charge in [0, 0.05) is 26.2 Å². The number of hydrogen-bond acceptors (Lipinski definition) is 5. The second kappa shape index (κ2) is 6.57. The molecule has 0 aromatic rings. The molecule has 0 aliphatic rings. The zero-order chi connectivity index (χ0) is 11.9. The third-order valence-electron chi connectivity index (χ3n) is 1.99.